The minimum absolute atomic E-state index is 0.0203. The molecule has 2 rings (SSSR count). The van der Waals surface area contributed by atoms with Crippen LogP contribution in [0.1, 0.15) is 5.56 Å². The molecule has 0 saturated heterocycles. The van der Waals surface area contributed by atoms with Crippen molar-refractivity contribution in [3.63, 3.8) is 0 Å². The second kappa shape index (κ2) is 9.53. The third-order valence-electron chi connectivity index (χ3n) is 3.58. The summed E-state index contributed by atoms with van der Waals surface area (Å²) in [6.07, 6.45) is 0. The van der Waals surface area contributed by atoms with E-state index in [9.17, 15) is 14.0 Å². The standard InChI is InChI=1S/C19H22FN3O3/c1-23(13-19(25)22-16-5-3-4-15(20)10-16)12-18(24)21-11-14-6-8-17(26-2)9-7-14/h3-10H,11-13H2,1-2H3,(H,21,24)(H,22,25). The Labute approximate surface area is 152 Å². The smallest absolute Gasteiger partial charge is 0.238 e. The van der Waals surface area contributed by atoms with E-state index in [2.05, 4.69) is 10.6 Å². The fraction of sp³-hybridized carbons (Fsp3) is 0.263. The molecular formula is C19H22FN3O3. The molecule has 138 valence electrons. The van der Waals surface area contributed by atoms with Crippen LogP contribution in [0.4, 0.5) is 10.1 Å². The molecule has 0 bridgehead atoms. The topological polar surface area (TPSA) is 70.7 Å². The Morgan fingerprint density at radius 3 is 2.42 bits per heavy atom. The third kappa shape index (κ3) is 6.52. The van der Waals surface area contributed by atoms with E-state index < -0.39 is 5.82 Å². The van der Waals surface area contributed by atoms with Gasteiger partial charge in [0.05, 0.1) is 20.2 Å². The SMILES string of the molecule is COc1ccc(CNC(=O)CN(C)CC(=O)Nc2cccc(F)c2)cc1. The first kappa shape index (κ1) is 19.4. The largest absolute Gasteiger partial charge is 0.497 e. The summed E-state index contributed by atoms with van der Waals surface area (Å²) in [6, 6.07) is 13.0. The minimum atomic E-state index is -0.422. The first-order valence-corrected chi connectivity index (χ1v) is 8.10. The maximum absolute atomic E-state index is 13.1. The van der Waals surface area contributed by atoms with Gasteiger partial charge in [0.1, 0.15) is 11.6 Å². The number of amides is 2. The molecule has 26 heavy (non-hydrogen) atoms. The molecule has 0 aromatic heterocycles. The van der Waals surface area contributed by atoms with Crippen LogP contribution in [-0.2, 0) is 16.1 Å². The number of anilines is 1. The molecule has 0 fully saturated rings. The quantitative estimate of drug-likeness (QED) is 0.757. The molecule has 2 amide bonds. The van der Waals surface area contributed by atoms with Crippen LogP contribution < -0.4 is 15.4 Å². The van der Waals surface area contributed by atoms with Gasteiger partial charge in [0, 0.05) is 12.2 Å². The van der Waals surface area contributed by atoms with Crippen LogP contribution in [0, 0.1) is 5.82 Å². The van der Waals surface area contributed by atoms with Crippen molar-refractivity contribution in [3.8, 4) is 5.75 Å². The molecule has 2 aromatic rings. The summed E-state index contributed by atoms with van der Waals surface area (Å²) in [5, 5.41) is 5.39. The number of rotatable bonds is 8. The van der Waals surface area contributed by atoms with Gasteiger partial charge in [0.2, 0.25) is 11.8 Å². The van der Waals surface area contributed by atoms with Crippen molar-refractivity contribution < 1.29 is 18.7 Å². The first-order valence-electron chi connectivity index (χ1n) is 8.10. The Hall–Kier alpha value is -2.93. The summed E-state index contributed by atoms with van der Waals surface area (Å²) in [5.74, 6) is -0.180. The molecule has 0 saturated carbocycles. The molecule has 6 nitrogen and oxygen atoms in total. The number of hydrogen-bond acceptors (Lipinski definition) is 4. The van der Waals surface area contributed by atoms with Crippen molar-refractivity contribution in [3.05, 3.63) is 59.9 Å². The molecule has 0 aliphatic rings. The molecule has 0 aliphatic carbocycles. The van der Waals surface area contributed by atoms with Crippen LogP contribution in [0.25, 0.3) is 0 Å². The van der Waals surface area contributed by atoms with E-state index in [0.717, 1.165) is 11.3 Å². The van der Waals surface area contributed by atoms with Crippen LogP contribution in [0.5, 0.6) is 5.75 Å². The van der Waals surface area contributed by atoms with Crippen LogP contribution in [0.2, 0.25) is 0 Å². The zero-order valence-electron chi connectivity index (χ0n) is 14.8. The molecule has 0 unspecified atom stereocenters. The molecule has 2 aromatic carbocycles. The van der Waals surface area contributed by atoms with Crippen LogP contribution in [0.3, 0.4) is 0 Å². The van der Waals surface area contributed by atoms with Gasteiger partial charge in [-0.3, -0.25) is 14.5 Å². The number of methoxy groups -OCH3 is 1. The lowest BCUT2D eigenvalue weighted by atomic mass is 10.2. The van der Waals surface area contributed by atoms with Gasteiger partial charge in [-0.2, -0.15) is 0 Å². The number of benzene rings is 2. The Morgan fingerprint density at radius 2 is 1.77 bits per heavy atom. The maximum Gasteiger partial charge on any atom is 0.238 e. The van der Waals surface area contributed by atoms with E-state index in [-0.39, 0.29) is 24.9 Å². The predicted molar refractivity (Wildman–Crippen MR) is 97.4 cm³/mol. The van der Waals surface area contributed by atoms with E-state index in [1.54, 1.807) is 25.1 Å². The highest BCUT2D eigenvalue weighted by molar-refractivity contribution is 5.92. The van der Waals surface area contributed by atoms with Crippen LogP contribution in [0.15, 0.2) is 48.5 Å². The fourth-order valence-electron chi connectivity index (χ4n) is 2.31. The van der Waals surface area contributed by atoms with Crippen molar-refractivity contribution in [2.45, 2.75) is 6.54 Å². The average Bonchev–Trinajstić information content (AvgIpc) is 2.60. The van der Waals surface area contributed by atoms with Crippen molar-refractivity contribution in [2.24, 2.45) is 0 Å². The first-order chi connectivity index (χ1) is 12.5. The van der Waals surface area contributed by atoms with Crippen molar-refractivity contribution in [2.75, 3.05) is 32.6 Å². The number of nitrogens with one attached hydrogen (secondary N) is 2. The van der Waals surface area contributed by atoms with E-state index >= 15 is 0 Å². The van der Waals surface area contributed by atoms with Gasteiger partial charge in [-0.25, -0.2) is 4.39 Å². The Morgan fingerprint density at radius 1 is 1.08 bits per heavy atom. The molecule has 2 N–H and O–H groups in total. The zero-order valence-corrected chi connectivity index (χ0v) is 14.8. The monoisotopic (exact) mass is 359 g/mol. The van der Waals surface area contributed by atoms with E-state index in [1.165, 1.54) is 18.2 Å². The minimum Gasteiger partial charge on any atom is -0.497 e. The van der Waals surface area contributed by atoms with Gasteiger partial charge in [-0.05, 0) is 42.9 Å². The van der Waals surface area contributed by atoms with Gasteiger partial charge in [0.15, 0.2) is 0 Å². The fourth-order valence-corrected chi connectivity index (χ4v) is 2.31. The second-order valence-corrected chi connectivity index (χ2v) is 5.86. The maximum atomic E-state index is 13.1. The summed E-state index contributed by atoms with van der Waals surface area (Å²) < 4.78 is 18.2. The average molecular weight is 359 g/mol. The van der Waals surface area contributed by atoms with Crippen LogP contribution >= 0.6 is 0 Å². The zero-order chi connectivity index (χ0) is 18.9. The highest BCUT2D eigenvalue weighted by Gasteiger charge is 2.11. The van der Waals surface area contributed by atoms with Crippen LogP contribution in [-0.4, -0.2) is 44.0 Å². The van der Waals surface area contributed by atoms with E-state index in [4.69, 9.17) is 4.74 Å². The molecule has 0 spiro atoms. The number of nitrogens with zero attached hydrogens (tertiary/aromatic N) is 1. The molecule has 0 radical (unpaired) electrons. The summed E-state index contributed by atoms with van der Waals surface area (Å²) >= 11 is 0. The molecule has 0 heterocycles. The number of carbonyl (C=O) groups excluding carboxylic acids is 2. The summed E-state index contributed by atoms with van der Waals surface area (Å²) in [7, 11) is 3.26. The number of carbonyl (C=O) groups is 2. The third-order valence-corrected chi connectivity index (χ3v) is 3.58. The summed E-state index contributed by atoms with van der Waals surface area (Å²) in [6.45, 7) is 0.491. The highest BCUT2D eigenvalue weighted by atomic mass is 19.1. The Bertz CT molecular complexity index is 750. The lowest BCUT2D eigenvalue weighted by Crippen LogP contribution is -2.38. The van der Waals surface area contributed by atoms with Crippen molar-refractivity contribution in [1.82, 2.24) is 10.2 Å². The van der Waals surface area contributed by atoms with Crippen molar-refractivity contribution in [1.29, 1.82) is 0 Å². The summed E-state index contributed by atoms with van der Waals surface area (Å²) in [5.41, 5.74) is 1.33. The molecular weight excluding hydrogens is 337 g/mol. The number of halogens is 1. The predicted octanol–water partition coefficient (Wildman–Crippen LogP) is 2.02. The second-order valence-electron chi connectivity index (χ2n) is 5.86. The molecule has 0 aliphatic heterocycles. The van der Waals surface area contributed by atoms with Gasteiger partial charge in [-0.1, -0.05) is 18.2 Å². The number of hydrogen-bond donors (Lipinski definition) is 2. The number of ether oxygens (including phenoxy) is 1. The van der Waals surface area contributed by atoms with Gasteiger partial charge >= 0.3 is 0 Å². The Kier molecular flexibility index (Phi) is 7.11. The van der Waals surface area contributed by atoms with E-state index in [0.29, 0.717) is 12.2 Å². The lowest BCUT2D eigenvalue weighted by Gasteiger charge is -2.16. The number of likely N-dealkylation sites (N-methyl/N-ethyl adjacent to an activating group) is 1. The molecule has 7 heteroatoms. The Balaban J connectivity index is 1.72. The van der Waals surface area contributed by atoms with Gasteiger partial charge in [0.25, 0.3) is 0 Å². The lowest BCUT2D eigenvalue weighted by molar-refractivity contribution is -0.123. The van der Waals surface area contributed by atoms with E-state index in [1.807, 2.05) is 24.3 Å². The summed E-state index contributed by atoms with van der Waals surface area (Å²) in [4.78, 5) is 25.5. The van der Waals surface area contributed by atoms with Gasteiger partial charge in [-0.15, -0.1) is 0 Å². The molecule has 0 atom stereocenters. The normalized spacial score (nSPS) is 10.5. The van der Waals surface area contributed by atoms with Crippen molar-refractivity contribution >= 4 is 17.5 Å². The van der Waals surface area contributed by atoms with Gasteiger partial charge < -0.3 is 15.4 Å². The highest BCUT2D eigenvalue weighted by Crippen LogP contribution is 2.11.